The van der Waals surface area contributed by atoms with Gasteiger partial charge in [-0.2, -0.15) is 0 Å². The maximum absolute atomic E-state index is 11.7. The van der Waals surface area contributed by atoms with Crippen molar-refractivity contribution in [2.75, 3.05) is 20.8 Å². The number of esters is 1. The zero-order chi connectivity index (χ0) is 14.6. The molecule has 0 amide bonds. The molecule has 0 fully saturated rings. The molecule has 20 heavy (non-hydrogen) atoms. The first-order chi connectivity index (χ1) is 9.59. The highest BCUT2D eigenvalue weighted by molar-refractivity contribution is 5.80. The summed E-state index contributed by atoms with van der Waals surface area (Å²) < 4.78 is 10.6. The summed E-state index contributed by atoms with van der Waals surface area (Å²) in [5.74, 6) is 0.617. The minimum atomic E-state index is -0.703. The van der Waals surface area contributed by atoms with E-state index in [0.717, 1.165) is 12.2 Å². The molecular formula is C16H23NO3. The molecule has 0 saturated heterocycles. The van der Waals surface area contributed by atoms with E-state index in [2.05, 4.69) is 17.4 Å². The number of ether oxygens (including phenoxy) is 2. The third kappa shape index (κ3) is 3.12. The molecule has 1 aliphatic carbocycles. The van der Waals surface area contributed by atoms with E-state index < -0.39 is 5.54 Å². The monoisotopic (exact) mass is 277 g/mol. The van der Waals surface area contributed by atoms with Crippen molar-refractivity contribution in [1.29, 1.82) is 0 Å². The molecule has 0 bridgehead atoms. The van der Waals surface area contributed by atoms with E-state index in [0.29, 0.717) is 13.0 Å². The summed E-state index contributed by atoms with van der Waals surface area (Å²) in [5, 5.41) is 3.00. The number of nitrogens with one attached hydrogen (secondary N) is 1. The number of carbonyl (C=O) groups is 1. The summed E-state index contributed by atoms with van der Waals surface area (Å²) in [6.07, 6.45) is 4.12. The fourth-order valence-corrected chi connectivity index (χ4v) is 2.57. The number of likely N-dealkylation sites (N-methyl/N-ethyl adjacent to an activating group) is 1. The molecule has 4 heteroatoms. The number of benzene rings is 1. The maximum atomic E-state index is 11.7. The van der Waals surface area contributed by atoms with Crippen LogP contribution >= 0.6 is 0 Å². The van der Waals surface area contributed by atoms with Crippen molar-refractivity contribution in [3.8, 4) is 5.75 Å². The summed E-state index contributed by atoms with van der Waals surface area (Å²) in [4.78, 5) is 11.7. The Balaban J connectivity index is 1.91. The van der Waals surface area contributed by atoms with Gasteiger partial charge in [-0.1, -0.05) is 6.07 Å². The first-order valence-corrected chi connectivity index (χ1v) is 7.11. The summed E-state index contributed by atoms with van der Waals surface area (Å²) in [6, 6.07) is 6.28. The third-order valence-electron chi connectivity index (χ3n) is 4.13. The lowest BCUT2D eigenvalue weighted by Gasteiger charge is -2.25. The van der Waals surface area contributed by atoms with E-state index in [-0.39, 0.29) is 5.97 Å². The second-order valence-corrected chi connectivity index (χ2v) is 5.46. The van der Waals surface area contributed by atoms with E-state index in [9.17, 15) is 4.79 Å². The molecule has 0 aromatic heterocycles. The zero-order valence-electron chi connectivity index (χ0n) is 12.5. The highest BCUT2D eigenvalue weighted by Crippen LogP contribution is 2.26. The second kappa shape index (κ2) is 6.27. The quantitative estimate of drug-likeness (QED) is 0.809. The predicted octanol–water partition coefficient (Wildman–Crippen LogP) is 2.10. The highest BCUT2D eigenvalue weighted by atomic mass is 16.5. The lowest BCUT2D eigenvalue weighted by atomic mass is 9.99. The molecule has 2 rings (SSSR count). The minimum absolute atomic E-state index is 0.266. The van der Waals surface area contributed by atoms with Crippen LogP contribution in [0.5, 0.6) is 5.75 Å². The van der Waals surface area contributed by atoms with Gasteiger partial charge in [0.05, 0.1) is 13.7 Å². The zero-order valence-corrected chi connectivity index (χ0v) is 12.5. The Hall–Kier alpha value is -1.55. The van der Waals surface area contributed by atoms with Crippen LogP contribution in [0.2, 0.25) is 0 Å². The Morgan fingerprint density at radius 3 is 2.80 bits per heavy atom. The average Bonchev–Trinajstić information content (AvgIpc) is 2.93. The Kier molecular flexibility index (Phi) is 4.65. The minimum Gasteiger partial charge on any atom is -0.493 e. The van der Waals surface area contributed by atoms with E-state index in [1.807, 2.05) is 13.0 Å². The Bertz CT molecular complexity index is 487. The van der Waals surface area contributed by atoms with Crippen LogP contribution in [0.3, 0.4) is 0 Å². The molecule has 1 unspecified atom stereocenters. The van der Waals surface area contributed by atoms with Gasteiger partial charge in [-0.15, -0.1) is 0 Å². The number of aryl methyl sites for hydroxylation is 2. The van der Waals surface area contributed by atoms with Gasteiger partial charge in [0.25, 0.3) is 0 Å². The number of methoxy groups -OCH3 is 1. The molecule has 1 aromatic carbocycles. The molecule has 1 N–H and O–H groups in total. The predicted molar refractivity (Wildman–Crippen MR) is 78.1 cm³/mol. The molecule has 0 heterocycles. The van der Waals surface area contributed by atoms with Crippen LogP contribution in [0.1, 0.15) is 30.9 Å². The number of rotatable bonds is 6. The average molecular weight is 277 g/mol. The summed E-state index contributed by atoms with van der Waals surface area (Å²) in [7, 11) is 3.16. The topological polar surface area (TPSA) is 47.6 Å². The van der Waals surface area contributed by atoms with Crippen LogP contribution in [-0.4, -0.2) is 32.3 Å². The lowest BCUT2D eigenvalue weighted by Crippen LogP contribution is -2.49. The maximum Gasteiger partial charge on any atom is 0.325 e. The van der Waals surface area contributed by atoms with Gasteiger partial charge in [-0.05, 0) is 56.5 Å². The Morgan fingerprint density at radius 2 is 2.10 bits per heavy atom. The normalized spacial score (nSPS) is 16.4. The fraction of sp³-hybridized carbons (Fsp3) is 0.562. The molecule has 1 atom stereocenters. The van der Waals surface area contributed by atoms with Gasteiger partial charge >= 0.3 is 5.97 Å². The van der Waals surface area contributed by atoms with Gasteiger partial charge in [0, 0.05) is 6.42 Å². The van der Waals surface area contributed by atoms with Gasteiger partial charge < -0.3 is 14.8 Å². The van der Waals surface area contributed by atoms with Crippen LogP contribution < -0.4 is 10.1 Å². The van der Waals surface area contributed by atoms with Crippen LogP contribution in [0, 0.1) is 0 Å². The van der Waals surface area contributed by atoms with Crippen LogP contribution in [-0.2, 0) is 22.4 Å². The first kappa shape index (κ1) is 14.9. The Labute approximate surface area is 120 Å². The smallest absolute Gasteiger partial charge is 0.325 e. The fourth-order valence-electron chi connectivity index (χ4n) is 2.57. The van der Waals surface area contributed by atoms with Gasteiger partial charge in [-0.3, -0.25) is 4.79 Å². The van der Waals surface area contributed by atoms with E-state index in [1.165, 1.54) is 31.1 Å². The van der Waals surface area contributed by atoms with E-state index >= 15 is 0 Å². The molecule has 110 valence electrons. The highest BCUT2D eigenvalue weighted by Gasteiger charge is 2.32. The van der Waals surface area contributed by atoms with E-state index in [1.54, 1.807) is 7.05 Å². The lowest BCUT2D eigenvalue weighted by molar-refractivity contribution is -0.148. The summed E-state index contributed by atoms with van der Waals surface area (Å²) in [6.45, 7) is 2.30. The third-order valence-corrected chi connectivity index (χ3v) is 4.13. The van der Waals surface area contributed by atoms with Crippen molar-refractivity contribution >= 4 is 5.97 Å². The second-order valence-electron chi connectivity index (χ2n) is 5.46. The molecule has 0 aliphatic heterocycles. The van der Waals surface area contributed by atoms with Crippen molar-refractivity contribution in [3.63, 3.8) is 0 Å². The van der Waals surface area contributed by atoms with Gasteiger partial charge in [0.1, 0.15) is 11.3 Å². The first-order valence-electron chi connectivity index (χ1n) is 7.11. The molecular weight excluding hydrogens is 254 g/mol. The van der Waals surface area contributed by atoms with Gasteiger partial charge in [-0.25, -0.2) is 0 Å². The van der Waals surface area contributed by atoms with Crippen molar-refractivity contribution in [2.45, 2.75) is 38.1 Å². The standard InChI is InChI=1S/C16H23NO3/c1-16(17-2,15(18)19-3)9-10-20-14-8-7-12-5-4-6-13(12)11-14/h7-8,11,17H,4-6,9-10H2,1-3H3. The summed E-state index contributed by atoms with van der Waals surface area (Å²) >= 11 is 0. The van der Waals surface area contributed by atoms with Crippen molar-refractivity contribution in [1.82, 2.24) is 5.32 Å². The summed E-state index contributed by atoms with van der Waals surface area (Å²) in [5.41, 5.74) is 2.13. The van der Waals surface area contributed by atoms with Crippen LogP contribution in [0.4, 0.5) is 0 Å². The number of fused-ring (bicyclic) bond motifs is 1. The van der Waals surface area contributed by atoms with Crippen molar-refractivity contribution < 1.29 is 14.3 Å². The SMILES string of the molecule is CNC(C)(CCOc1ccc2c(c1)CCC2)C(=O)OC. The molecule has 0 radical (unpaired) electrons. The number of carbonyl (C=O) groups excluding carboxylic acids is 1. The molecule has 1 aromatic rings. The number of hydrogen-bond acceptors (Lipinski definition) is 4. The Morgan fingerprint density at radius 1 is 1.35 bits per heavy atom. The van der Waals surface area contributed by atoms with Crippen molar-refractivity contribution in [2.24, 2.45) is 0 Å². The van der Waals surface area contributed by atoms with Crippen LogP contribution in [0.15, 0.2) is 18.2 Å². The molecule has 4 nitrogen and oxygen atoms in total. The van der Waals surface area contributed by atoms with E-state index in [4.69, 9.17) is 9.47 Å². The number of hydrogen-bond donors (Lipinski definition) is 1. The van der Waals surface area contributed by atoms with Gasteiger partial charge in [0.15, 0.2) is 0 Å². The van der Waals surface area contributed by atoms with Crippen LogP contribution in [0.25, 0.3) is 0 Å². The molecule has 0 spiro atoms. The largest absolute Gasteiger partial charge is 0.493 e. The molecule has 1 aliphatic rings. The molecule has 0 saturated carbocycles. The van der Waals surface area contributed by atoms with Gasteiger partial charge in [0.2, 0.25) is 0 Å². The van der Waals surface area contributed by atoms with Crippen molar-refractivity contribution in [3.05, 3.63) is 29.3 Å².